The van der Waals surface area contributed by atoms with Gasteiger partial charge in [0.05, 0.1) is 6.04 Å². The first-order chi connectivity index (χ1) is 11.3. The minimum atomic E-state index is -4.68. The summed E-state index contributed by atoms with van der Waals surface area (Å²) in [7, 11) is 0. The Balaban J connectivity index is 1.83. The number of nitrogens with one attached hydrogen (secondary N) is 2. The highest BCUT2D eigenvalue weighted by atomic mass is 19.4. The Morgan fingerprint density at radius 3 is 2.67 bits per heavy atom. The number of hydrogen-bond donors (Lipinski definition) is 3. The number of aromatic nitrogens is 1. The number of amides is 1. The van der Waals surface area contributed by atoms with Crippen molar-refractivity contribution >= 4 is 5.91 Å². The molecule has 1 amide bonds. The molecule has 5 nitrogen and oxygen atoms in total. The van der Waals surface area contributed by atoms with Gasteiger partial charge in [0, 0.05) is 0 Å². The summed E-state index contributed by atoms with van der Waals surface area (Å²) in [5.41, 5.74) is -1.23. The van der Waals surface area contributed by atoms with Crippen molar-refractivity contribution in [2.24, 2.45) is 0 Å². The van der Waals surface area contributed by atoms with Crippen LogP contribution in [-0.2, 0) is 12.6 Å². The third kappa shape index (κ3) is 2.86. The van der Waals surface area contributed by atoms with Crippen molar-refractivity contribution in [3.05, 3.63) is 63.1 Å². The van der Waals surface area contributed by atoms with E-state index in [1.807, 2.05) is 0 Å². The van der Waals surface area contributed by atoms with Gasteiger partial charge in [0.2, 0.25) is 0 Å². The Morgan fingerprint density at radius 1 is 1.25 bits per heavy atom. The van der Waals surface area contributed by atoms with Crippen LogP contribution in [0.3, 0.4) is 0 Å². The summed E-state index contributed by atoms with van der Waals surface area (Å²) >= 11 is 0. The van der Waals surface area contributed by atoms with Crippen molar-refractivity contribution in [1.82, 2.24) is 10.3 Å². The van der Waals surface area contributed by atoms with Crippen molar-refractivity contribution in [3.8, 4) is 5.75 Å². The van der Waals surface area contributed by atoms with Gasteiger partial charge < -0.3 is 15.4 Å². The predicted molar refractivity (Wildman–Crippen MR) is 78.7 cm³/mol. The fourth-order valence-electron chi connectivity index (χ4n) is 2.84. The number of H-pyrrole nitrogens is 1. The number of pyridine rings is 1. The van der Waals surface area contributed by atoms with Crippen LogP contribution in [0.15, 0.2) is 35.1 Å². The molecule has 1 unspecified atom stereocenters. The number of phenolic OH excluding ortho intramolecular Hbond substituents is 1. The zero-order chi connectivity index (χ0) is 17.5. The monoisotopic (exact) mass is 338 g/mol. The van der Waals surface area contributed by atoms with E-state index >= 15 is 0 Å². The molecule has 0 saturated carbocycles. The highest BCUT2D eigenvalue weighted by Crippen LogP contribution is 2.36. The maximum Gasteiger partial charge on any atom is 0.431 e. The lowest BCUT2D eigenvalue weighted by molar-refractivity contribution is -0.141. The van der Waals surface area contributed by atoms with Gasteiger partial charge in [0.25, 0.3) is 11.5 Å². The van der Waals surface area contributed by atoms with Gasteiger partial charge >= 0.3 is 6.18 Å². The van der Waals surface area contributed by atoms with Crippen LogP contribution in [0.4, 0.5) is 13.2 Å². The number of hydrogen-bond acceptors (Lipinski definition) is 3. The van der Waals surface area contributed by atoms with E-state index in [4.69, 9.17) is 0 Å². The topological polar surface area (TPSA) is 82.2 Å². The molecule has 24 heavy (non-hydrogen) atoms. The fourth-order valence-corrected chi connectivity index (χ4v) is 2.84. The van der Waals surface area contributed by atoms with Crippen molar-refractivity contribution in [1.29, 1.82) is 0 Å². The van der Waals surface area contributed by atoms with Gasteiger partial charge in [-0.3, -0.25) is 9.59 Å². The molecule has 8 heteroatoms. The van der Waals surface area contributed by atoms with Gasteiger partial charge in [-0.05, 0) is 42.2 Å². The van der Waals surface area contributed by atoms with Crippen molar-refractivity contribution in [2.45, 2.75) is 25.1 Å². The lowest BCUT2D eigenvalue weighted by atomic mass is 10.1. The van der Waals surface area contributed by atoms with Crippen LogP contribution in [0, 0.1) is 0 Å². The molecule has 3 rings (SSSR count). The molecule has 0 radical (unpaired) electrons. The average Bonchev–Trinajstić information content (AvgIpc) is 2.90. The number of aromatic hydroxyl groups is 1. The number of rotatable bonds is 2. The Hall–Kier alpha value is -2.77. The molecule has 1 aromatic carbocycles. The van der Waals surface area contributed by atoms with Crippen LogP contribution in [0.25, 0.3) is 0 Å². The van der Waals surface area contributed by atoms with E-state index in [0.717, 1.165) is 17.2 Å². The van der Waals surface area contributed by atoms with Gasteiger partial charge in [-0.25, -0.2) is 0 Å². The summed E-state index contributed by atoms with van der Waals surface area (Å²) < 4.78 is 37.6. The van der Waals surface area contributed by atoms with E-state index in [9.17, 15) is 27.9 Å². The number of phenols is 1. The second kappa shape index (κ2) is 5.70. The second-order valence-corrected chi connectivity index (χ2v) is 5.52. The first-order valence-electron chi connectivity index (χ1n) is 7.19. The first-order valence-corrected chi connectivity index (χ1v) is 7.19. The lowest BCUT2D eigenvalue weighted by Gasteiger charge is -2.14. The molecule has 126 valence electrons. The second-order valence-electron chi connectivity index (χ2n) is 5.52. The summed E-state index contributed by atoms with van der Waals surface area (Å²) in [6, 6.07) is 6.05. The number of halogens is 3. The van der Waals surface area contributed by atoms with E-state index in [-0.39, 0.29) is 5.75 Å². The molecule has 0 fully saturated rings. The zero-order valence-corrected chi connectivity index (χ0v) is 12.3. The summed E-state index contributed by atoms with van der Waals surface area (Å²) in [4.78, 5) is 25.6. The molecule has 1 atom stereocenters. The third-order valence-corrected chi connectivity index (χ3v) is 4.01. The molecule has 2 aromatic rings. The molecule has 3 N–H and O–H groups in total. The SMILES string of the molecule is O=C(NC1CCc2c(O)cccc21)c1ccc(C(F)(F)F)[nH]c1=O. The normalized spacial score (nSPS) is 16.7. The summed E-state index contributed by atoms with van der Waals surface area (Å²) in [6.07, 6.45) is -3.58. The number of aromatic amines is 1. The Kier molecular flexibility index (Phi) is 3.82. The molecule has 0 spiro atoms. The molecule has 1 aromatic heterocycles. The highest BCUT2D eigenvalue weighted by Gasteiger charge is 2.33. The molecular formula is C16H13F3N2O3. The van der Waals surface area contributed by atoms with Crippen LogP contribution in [0.2, 0.25) is 0 Å². The maximum absolute atomic E-state index is 12.5. The largest absolute Gasteiger partial charge is 0.508 e. The molecule has 1 aliphatic carbocycles. The predicted octanol–water partition coefficient (Wildman–Crippen LogP) is 2.52. The first kappa shape index (κ1) is 16.1. The average molecular weight is 338 g/mol. The highest BCUT2D eigenvalue weighted by molar-refractivity contribution is 5.94. The fraction of sp³-hybridized carbons (Fsp3) is 0.250. The number of alkyl halides is 3. The number of carbonyl (C=O) groups is 1. The summed E-state index contributed by atoms with van der Waals surface area (Å²) in [5, 5.41) is 12.4. The number of carbonyl (C=O) groups excluding carboxylic acids is 1. The summed E-state index contributed by atoms with van der Waals surface area (Å²) in [5.74, 6) is -0.622. The quantitative estimate of drug-likeness (QED) is 0.787. The van der Waals surface area contributed by atoms with Gasteiger partial charge in [-0.2, -0.15) is 13.2 Å². The molecular weight excluding hydrogens is 325 g/mol. The van der Waals surface area contributed by atoms with E-state index in [2.05, 4.69) is 5.32 Å². The van der Waals surface area contributed by atoms with Gasteiger partial charge in [0.1, 0.15) is 17.0 Å². The van der Waals surface area contributed by atoms with Crippen LogP contribution in [0.1, 0.15) is 39.6 Å². The Bertz CT molecular complexity index is 858. The number of fused-ring (bicyclic) bond motifs is 1. The van der Waals surface area contributed by atoms with E-state index in [1.54, 1.807) is 23.2 Å². The minimum Gasteiger partial charge on any atom is -0.508 e. The van der Waals surface area contributed by atoms with Gasteiger partial charge in [0.15, 0.2) is 0 Å². The maximum atomic E-state index is 12.5. The van der Waals surface area contributed by atoms with Crippen LogP contribution < -0.4 is 10.9 Å². The van der Waals surface area contributed by atoms with Crippen molar-refractivity contribution in [3.63, 3.8) is 0 Å². The van der Waals surface area contributed by atoms with Crippen molar-refractivity contribution < 1.29 is 23.1 Å². The molecule has 1 heterocycles. The Morgan fingerprint density at radius 2 is 2.00 bits per heavy atom. The molecule has 1 aliphatic rings. The van der Waals surface area contributed by atoms with Crippen LogP contribution in [-0.4, -0.2) is 16.0 Å². The van der Waals surface area contributed by atoms with E-state index < -0.39 is 34.9 Å². The van der Waals surface area contributed by atoms with Gasteiger partial charge in [-0.1, -0.05) is 12.1 Å². The number of benzene rings is 1. The van der Waals surface area contributed by atoms with Crippen LogP contribution in [0.5, 0.6) is 5.75 Å². The van der Waals surface area contributed by atoms with Crippen molar-refractivity contribution in [2.75, 3.05) is 0 Å². The standard InChI is InChI=1S/C16H13F3N2O3/c17-16(18,19)13-7-5-10(15(24)21-13)14(23)20-11-6-4-9-8(11)2-1-3-12(9)22/h1-3,5,7,11,22H,4,6H2,(H,20,23)(H,21,24). The lowest BCUT2D eigenvalue weighted by Crippen LogP contribution is -2.32. The summed E-state index contributed by atoms with van der Waals surface area (Å²) in [6.45, 7) is 0. The van der Waals surface area contributed by atoms with Gasteiger partial charge in [-0.15, -0.1) is 0 Å². The minimum absolute atomic E-state index is 0.136. The Labute approximate surface area is 134 Å². The molecule has 0 bridgehead atoms. The molecule has 0 saturated heterocycles. The van der Waals surface area contributed by atoms with E-state index in [0.29, 0.717) is 18.9 Å². The van der Waals surface area contributed by atoms with E-state index in [1.165, 1.54) is 0 Å². The molecule has 0 aliphatic heterocycles. The third-order valence-electron chi connectivity index (χ3n) is 4.01. The smallest absolute Gasteiger partial charge is 0.431 e. The van der Waals surface area contributed by atoms with Crippen LogP contribution >= 0.6 is 0 Å². The zero-order valence-electron chi connectivity index (χ0n) is 12.3.